The summed E-state index contributed by atoms with van der Waals surface area (Å²) in [5, 5.41) is 6.42. The van der Waals surface area contributed by atoms with Crippen molar-refractivity contribution in [3.05, 3.63) is 88.7 Å². The average Bonchev–Trinajstić information content (AvgIpc) is 3.24. The number of urea groups is 1. The maximum absolute atomic E-state index is 13.5. The molecule has 3 aromatic carbocycles. The fourth-order valence-corrected chi connectivity index (χ4v) is 5.06. The minimum absolute atomic E-state index is 0.200. The van der Waals surface area contributed by atoms with E-state index in [1.165, 1.54) is 40.3 Å². The number of hydrogen-bond acceptors (Lipinski definition) is 4. The van der Waals surface area contributed by atoms with Gasteiger partial charge in [-0.3, -0.25) is 4.79 Å². The standard InChI is InChI=1S/C29H30ClFN4O3/c1-34-14-12-19-2-7-24(16-20(19)13-15-34)32-28(36)27-17-26(38-25-10-5-22(31)6-11-25)18-35(27)29(37)33-23-8-3-21(30)4-9-23/h2-11,16,26-27H,12-15,17-18H2,1H3,(H,32,36)(H,33,37)/t26?,27-/m1/s1. The molecule has 0 spiro atoms. The van der Waals surface area contributed by atoms with Gasteiger partial charge in [-0.05, 0) is 91.7 Å². The molecule has 2 N–H and O–H groups in total. The molecule has 0 saturated carbocycles. The lowest BCUT2D eigenvalue weighted by Crippen LogP contribution is -2.45. The molecule has 2 heterocycles. The number of hydrogen-bond donors (Lipinski definition) is 2. The normalized spacial score (nSPS) is 19.4. The molecule has 0 radical (unpaired) electrons. The van der Waals surface area contributed by atoms with Crippen molar-refractivity contribution >= 4 is 34.9 Å². The molecular weight excluding hydrogens is 507 g/mol. The van der Waals surface area contributed by atoms with Gasteiger partial charge >= 0.3 is 6.03 Å². The van der Waals surface area contributed by atoms with Gasteiger partial charge in [-0.2, -0.15) is 0 Å². The summed E-state index contributed by atoms with van der Waals surface area (Å²) < 4.78 is 19.4. The van der Waals surface area contributed by atoms with Crippen molar-refractivity contribution in [1.82, 2.24) is 9.80 Å². The van der Waals surface area contributed by atoms with Crippen molar-refractivity contribution in [3.8, 4) is 5.75 Å². The number of carbonyl (C=O) groups excluding carboxylic acids is 2. The van der Waals surface area contributed by atoms with Crippen molar-refractivity contribution in [2.24, 2.45) is 0 Å². The number of anilines is 2. The van der Waals surface area contributed by atoms with Crippen molar-refractivity contribution in [2.45, 2.75) is 31.4 Å². The van der Waals surface area contributed by atoms with E-state index in [0.717, 1.165) is 25.9 Å². The maximum atomic E-state index is 13.5. The number of benzene rings is 3. The third-order valence-corrected chi connectivity index (χ3v) is 7.29. The molecule has 38 heavy (non-hydrogen) atoms. The Morgan fingerprint density at radius 3 is 2.34 bits per heavy atom. The third kappa shape index (κ3) is 6.26. The van der Waals surface area contributed by atoms with Crippen molar-refractivity contribution in [1.29, 1.82) is 0 Å². The van der Waals surface area contributed by atoms with Crippen LogP contribution in [0.1, 0.15) is 17.5 Å². The van der Waals surface area contributed by atoms with E-state index in [2.05, 4.69) is 28.6 Å². The van der Waals surface area contributed by atoms with Crippen LogP contribution in [0.3, 0.4) is 0 Å². The van der Waals surface area contributed by atoms with Gasteiger partial charge in [0.1, 0.15) is 23.7 Å². The summed E-state index contributed by atoms with van der Waals surface area (Å²) >= 11 is 5.96. The van der Waals surface area contributed by atoms with Crippen LogP contribution in [0.5, 0.6) is 5.75 Å². The van der Waals surface area contributed by atoms with Gasteiger partial charge in [0.15, 0.2) is 0 Å². The molecule has 0 aromatic heterocycles. The first kappa shape index (κ1) is 26.0. The number of carbonyl (C=O) groups is 2. The molecule has 5 rings (SSSR count). The van der Waals surface area contributed by atoms with E-state index in [1.807, 2.05) is 12.1 Å². The molecule has 198 valence electrons. The highest BCUT2D eigenvalue weighted by Crippen LogP contribution is 2.27. The highest BCUT2D eigenvalue weighted by atomic mass is 35.5. The van der Waals surface area contributed by atoms with Gasteiger partial charge in [-0.25, -0.2) is 9.18 Å². The van der Waals surface area contributed by atoms with Gasteiger partial charge in [0.25, 0.3) is 0 Å². The average molecular weight is 537 g/mol. The molecule has 2 aliphatic heterocycles. The van der Waals surface area contributed by atoms with Gasteiger partial charge in [0, 0.05) is 35.9 Å². The molecule has 1 fully saturated rings. The second-order valence-electron chi connectivity index (χ2n) is 9.81. The van der Waals surface area contributed by atoms with Crippen LogP contribution in [0.15, 0.2) is 66.7 Å². The van der Waals surface area contributed by atoms with E-state index in [4.69, 9.17) is 16.3 Å². The van der Waals surface area contributed by atoms with E-state index in [-0.39, 0.29) is 18.3 Å². The summed E-state index contributed by atoms with van der Waals surface area (Å²) in [6.45, 7) is 2.17. The molecule has 2 aliphatic rings. The summed E-state index contributed by atoms with van der Waals surface area (Å²) in [7, 11) is 2.11. The highest BCUT2D eigenvalue weighted by molar-refractivity contribution is 6.30. The van der Waals surface area contributed by atoms with E-state index in [0.29, 0.717) is 28.6 Å². The van der Waals surface area contributed by atoms with Crippen molar-refractivity contribution in [2.75, 3.05) is 37.3 Å². The molecule has 7 nitrogen and oxygen atoms in total. The van der Waals surface area contributed by atoms with Gasteiger partial charge in [0.05, 0.1) is 6.54 Å². The fourth-order valence-electron chi connectivity index (χ4n) is 4.93. The Kier molecular flexibility index (Phi) is 7.81. The lowest BCUT2D eigenvalue weighted by molar-refractivity contribution is -0.119. The quantitative estimate of drug-likeness (QED) is 0.470. The molecule has 9 heteroatoms. The van der Waals surface area contributed by atoms with Crippen LogP contribution >= 0.6 is 11.6 Å². The molecule has 0 aliphatic carbocycles. The number of nitrogens with zero attached hydrogens (tertiary/aromatic N) is 2. The molecule has 0 bridgehead atoms. The van der Waals surface area contributed by atoms with Crippen LogP contribution in [-0.2, 0) is 17.6 Å². The van der Waals surface area contributed by atoms with E-state index in [9.17, 15) is 14.0 Å². The van der Waals surface area contributed by atoms with E-state index in [1.54, 1.807) is 24.3 Å². The Bertz CT molecular complexity index is 1300. The number of likely N-dealkylation sites (N-methyl/N-ethyl adjacent to an activating group) is 1. The topological polar surface area (TPSA) is 73.9 Å². The lowest BCUT2D eigenvalue weighted by Gasteiger charge is -2.24. The Morgan fingerprint density at radius 2 is 1.61 bits per heavy atom. The summed E-state index contributed by atoms with van der Waals surface area (Å²) in [5.74, 6) is -0.171. The molecular formula is C29H30ClFN4O3. The SMILES string of the molecule is CN1CCc2ccc(NC(=O)[C@H]3CC(Oc4ccc(F)cc4)CN3C(=O)Nc3ccc(Cl)cc3)cc2CC1. The van der Waals surface area contributed by atoms with Crippen LogP contribution in [-0.4, -0.2) is 60.6 Å². The molecule has 1 saturated heterocycles. The van der Waals surface area contributed by atoms with Crippen LogP contribution in [0.2, 0.25) is 5.02 Å². The number of likely N-dealkylation sites (tertiary alicyclic amines) is 1. The Morgan fingerprint density at radius 1 is 0.921 bits per heavy atom. The molecule has 1 unspecified atom stereocenters. The zero-order valence-corrected chi connectivity index (χ0v) is 21.9. The van der Waals surface area contributed by atoms with E-state index < -0.39 is 18.2 Å². The molecule has 3 aromatic rings. The number of rotatable bonds is 5. The minimum Gasteiger partial charge on any atom is -0.488 e. The fraction of sp³-hybridized carbons (Fsp3) is 0.310. The summed E-state index contributed by atoms with van der Waals surface area (Å²) in [5.41, 5.74) is 3.80. The number of halogens is 2. The van der Waals surface area contributed by atoms with E-state index >= 15 is 0 Å². The Labute approximate surface area is 226 Å². The first-order chi connectivity index (χ1) is 18.3. The van der Waals surface area contributed by atoms with Gasteiger partial charge in [-0.15, -0.1) is 0 Å². The van der Waals surface area contributed by atoms with Crippen LogP contribution in [0.25, 0.3) is 0 Å². The van der Waals surface area contributed by atoms with Crippen LogP contribution in [0, 0.1) is 5.82 Å². The van der Waals surface area contributed by atoms with Crippen molar-refractivity contribution in [3.63, 3.8) is 0 Å². The van der Waals surface area contributed by atoms with Crippen molar-refractivity contribution < 1.29 is 18.7 Å². The number of amides is 3. The molecule has 3 amide bonds. The smallest absolute Gasteiger partial charge is 0.322 e. The maximum Gasteiger partial charge on any atom is 0.322 e. The summed E-state index contributed by atoms with van der Waals surface area (Å²) in [6.07, 6.45) is 1.76. The first-order valence-electron chi connectivity index (χ1n) is 12.7. The van der Waals surface area contributed by atoms with Gasteiger partial charge in [0.2, 0.25) is 5.91 Å². The predicted molar refractivity (Wildman–Crippen MR) is 146 cm³/mol. The number of fused-ring (bicyclic) bond motifs is 1. The summed E-state index contributed by atoms with van der Waals surface area (Å²) in [6, 6.07) is 17.3. The number of ether oxygens (including phenoxy) is 1. The third-order valence-electron chi connectivity index (χ3n) is 7.04. The predicted octanol–water partition coefficient (Wildman–Crippen LogP) is 5.20. The summed E-state index contributed by atoms with van der Waals surface area (Å²) in [4.78, 5) is 30.5. The first-order valence-corrected chi connectivity index (χ1v) is 13.1. The number of nitrogens with one attached hydrogen (secondary N) is 2. The minimum atomic E-state index is -0.752. The second kappa shape index (κ2) is 11.4. The van der Waals surface area contributed by atoms with Crippen LogP contribution < -0.4 is 15.4 Å². The zero-order chi connectivity index (χ0) is 26.6. The van der Waals surface area contributed by atoms with Crippen LogP contribution in [0.4, 0.5) is 20.6 Å². The second-order valence-corrected chi connectivity index (χ2v) is 10.2. The highest BCUT2D eigenvalue weighted by Gasteiger charge is 2.41. The van der Waals surface area contributed by atoms with Gasteiger partial charge in [-0.1, -0.05) is 17.7 Å². The zero-order valence-electron chi connectivity index (χ0n) is 21.1. The monoisotopic (exact) mass is 536 g/mol. The Balaban J connectivity index is 1.32. The van der Waals surface area contributed by atoms with Gasteiger partial charge < -0.3 is 25.2 Å². The largest absolute Gasteiger partial charge is 0.488 e. The molecule has 2 atom stereocenters. The Hall–Kier alpha value is -3.62. The lowest BCUT2D eigenvalue weighted by atomic mass is 10.0.